The van der Waals surface area contributed by atoms with Gasteiger partial charge in [-0.25, -0.2) is 4.39 Å². The smallest absolute Gasteiger partial charge is 0.128 e. The normalized spacial score (nSPS) is 16.5. The first-order valence-corrected chi connectivity index (χ1v) is 8.64. The van der Waals surface area contributed by atoms with E-state index in [1.54, 1.807) is 17.4 Å². The van der Waals surface area contributed by atoms with Crippen LogP contribution in [0, 0.1) is 9.39 Å². The van der Waals surface area contributed by atoms with Gasteiger partial charge in [0.15, 0.2) is 0 Å². The molecule has 1 fully saturated rings. The van der Waals surface area contributed by atoms with Gasteiger partial charge in [0.2, 0.25) is 0 Å². The molecule has 0 amide bonds. The van der Waals surface area contributed by atoms with Gasteiger partial charge >= 0.3 is 0 Å². The van der Waals surface area contributed by atoms with E-state index in [1.807, 2.05) is 18.2 Å². The van der Waals surface area contributed by atoms with Crippen LogP contribution >= 0.6 is 58.7 Å². The van der Waals surface area contributed by atoms with E-state index in [4.69, 9.17) is 0 Å². The summed E-state index contributed by atoms with van der Waals surface area (Å²) < 4.78 is 15.4. The number of rotatable bonds is 3. The lowest BCUT2D eigenvalue weighted by Crippen LogP contribution is -2.45. The fraction of sp³-hybridized carbons (Fsp3) is 0.333. The zero-order valence-electron chi connectivity index (χ0n) is 11.8. The highest BCUT2D eigenvalue weighted by molar-refractivity contribution is 14.1. The molecule has 22 heavy (non-hydrogen) atoms. The average Bonchev–Trinajstić information content (AvgIpc) is 2.98. The molecular formula is C15H18Cl2FIN2S. The van der Waals surface area contributed by atoms with Gasteiger partial charge in [0.1, 0.15) is 5.82 Å². The molecule has 7 heteroatoms. The van der Waals surface area contributed by atoms with Crippen molar-refractivity contribution >= 4 is 58.7 Å². The molecule has 1 aliphatic rings. The SMILES string of the molecule is Cl.Cl.Fc1ccc(I)cc1[C@H](c1cccs1)N1CCNCC1. The lowest BCUT2D eigenvalue weighted by molar-refractivity contribution is 0.197. The van der Waals surface area contributed by atoms with Crippen LogP contribution in [0.5, 0.6) is 0 Å². The summed E-state index contributed by atoms with van der Waals surface area (Å²) in [6.07, 6.45) is 0. The lowest BCUT2D eigenvalue weighted by Gasteiger charge is -2.35. The molecule has 0 aliphatic carbocycles. The van der Waals surface area contributed by atoms with Crippen LogP contribution in [0.25, 0.3) is 0 Å². The Morgan fingerprint density at radius 1 is 1.18 bits per heavy atom. The minimum absolute atomic E-state index is 0. The second kappa shape index (κ2) is 9.39. The van der Waals surface area contributed by atoms with E-state index < -0.39 is 0 Å². The third-order valence-corrected chi connectivity index (χ3v) is 5.18. The number of nitrogens with zero attached hydrogens (tertiary/aromatic N) is 1. The van der Waals surface area contributed by atoms with Crippen molar-refractivity contribution in [2.24, 2.45) is 0 Å². The number of benzene rings is 1. The molecule has 3 rings (SSSR count). The van der Waals surface area contributed by atoms with Gasteiger partial charge in [-0.1, -0.05) is 6.07 Å². The van der Waals surface area contributed by atoms with Crippen LogP contribution in [0.15, 0.2) is 35.7 Å². The van der Waals surface area contributed by atoms with Crippen LogP contribution in [0.4, 0.5) is 4.39 Å². The predicted molar refractivity (Wildman–Crippen MR) is 104 cm³/mol. The number of thiophene rings is 1. The van der Waals surface area contributed by atoms with Crippen molar-refractivity contribution in [3.63, 3.8) is 0 Å². The molecule has 0 saturated carbocycles. The van der Waals surface area contributed by atoms with Crippen molar-refractivity contribution in [2.75, 3.05) is 26.2 Å². The largest absolute Gasteiger partial charge is 0.314 e. The monoisotopic (exact) mass is 474 g/mol. The summed E-state index contributed by atoms with van der Waals surface area (Å²) >= 11 is 3.95. The Bertz CT molecular complexity index is 577. The summed E-state index contributed by atoms with van der Waals surface area (Å²) in [6, 6.07) is 9.56. The van der Waals surface area contributed by atoms with E-state index in [-0.39, 0.29) is 36.7 Å². The average molecular weight is 475 g/mol. The predicted octanol–water partition coefficient (Wildman–Crippen LogP) is 4.33. The molecule has 1 N–H and O–H groups in total. The van der Waals surface area contributed by atoms with Gasteiger partial charge in [-0.15, -0.1) is 36.2 Å². The highest BCUT2D eigenvalue weighted by atomic mass is 127. The summed E-state index contributed by atoms with van der Waals surface area (Å²) in [6.45, 7) is 3.84. The van der Waals surface area contributed by atoms with E-state index in [0.29, 0.717) is 0 Å². The molecule has 2 aromatic rings. The van der Waals surface area contributed by atoms with Gasteiger partial charge in [0.05, 0.1) is 6.04 Å². The molecule has 0 radical (unpaired) electrons. The first kappa shape index (κ1) is 20.1. The molecule has 1 aromatic carbocycles. The zero-order chi connectivity index (χ0) is 13.9. The maximum absolute atomic E-state index is 14.3. The molecule has 2 heterocycles. The minimum atomic E-state index is -0.109. The maximum Gasteiger partial charge on any atom is 0.128 e. The van der Waals surface area contributed by atoms with Crippen LogP contribution in [0.3, 0.4) is 0 Å². The number of piperazine rings is 1. The van der Waals surface area contributed by atoms with Gasteiger partial charge in [0, 0.05) is 40.2 Å². The number of hydrogen-bond donors (Lipinski definition) is 1. The Morgan fingerprint density at radius 3 is 2.55 bits per heavy atom. The Labute approximate surface area is 160 Å². The molecule has 0 bridgehead atoms. The van der Waals surface area contributed by atoms with Gasteiger partial charge in [-0.05, 0) is 52.2 Å². The van der Waals surface area contributed by atoms with Crippen LogP contribution < -0.4 is 5.32 Å². The molecule has 1 aliphatic heterocycles. The van der Waals surface area contributed by atoms with Crippen LogP contribution in [-0.2, 0) is 0 Å². The fourth-order valence-electron chi connectivity index (χ4n) is 2.64. The molecule has 1 saturated heterocycles. The summed E-state index contributed by atoms with van der Waals surface area (Å²) in [5, 5.41) is 5.42. The van der Waals surface area contributed by atoms with Crippen LogP contribution in [-0.4, -0.2) is 31.1 Å². The molecule has 1 aromatic heterocycles. The molecule has 2 nitrogen and oxygen atoms in total. The molecule has 1 atom stereocenters. The van der Waals surface area contributed by atoms with Crippen LogP contribution in [0.1, 0.15) is 16.5 Å². The first-order chi connectivity index (χ1) is 9.75. The second-order valence-electron chi connectivity index (χ2n) is 4.87. The van der Waals surface area contributed by atoms with Crippen molar-refractivity contribution in [3.05, 3.63) is 55.5 Å². The molecule has 122 valence electrons. The number of halogens is 4. The number of hydrogen-bond acceptors (Lipinski definition) is 3. The Balaban J connectivity index is 0.00000121. The Morgan fingerprint density at radius 2 is 1.91 bits per heavy atom. The van der Waals surface area contributed by atoms with Gasteiger partial charge < -0.3 is 5.32 Å². The van der Waals surface area contributed by atoms with E-state index in [1.165, 1.54) is 4.88 Å². The van der Waals surface area contributed by atoms with E-state index in [2.05, 4.69) is 44.3 Å². The molecule has 0 spiro atoms. The van der Waals surface area contributed by atoms with Crippen molar-refractivity contribution in [2.45, 2.75) is 6.04 Å². The molecular weight excluding hydrogens is 457 g/mol. The Hall–Kier alpha value is 0.0800. The number of nitrogens with one attached hydrogen (secondary N) is 1. The molecule has 0 unspecified atom stereocenters. The Kier molecular flexibility index (Phi) is 8.59. The third-order valence-electron chi connectivity index (χ3n) is 3.58. The van der Waals surface area contributed by atoms with Crippen molar-refractivity contribution < 1.29 is 4.39 Å². The lowest BCUT2D eigenvalue weighted by atomic mass is 10.0. The van der Waals surface area contributed by atoms with Gasteiger partial charge in [0.25, 0.3) is 0 Å². The van der Waals surface area contributed by atoms with E-state index >= 15 is 0 Å². The van der Waals surface area contributed by atoms with E-state index in [0.717, 1.165) is 35.3 Å². The topological polar surface area (TPSA) is 15.3 Å². The third kappa shape index (κ3) is 4.55. The van der Waals surface area contributed by atoms with Crippen molar-refractivity contribution in [3.8, 4) is 0 Å². The summed E-state index contributed by atoms with van der Waals surface area (Å²) in [4.78, 5) is 3.59. The second-order valence-corrected chi connectivity index (χ2v) is 7.09. The maximum atomic E-state index is 14.3. The zero-order valence-corrected chi connectivity index (χ0v) is 16.4. The summed E-state index contributed by atoms with van der Waals surface area (Å²) in [7, 11) is 0. The van der Waals surface area contributed by atoms with E-state index in [9.17, 15) is 4.39 Å². The highest BCUT2D eigenvalue weighted by Crippen LogP contribution is 2.34. The quantitative estimate of drug-likeness (QED) is 0.666. The first-order valence-electron chi connectivity index (χ1n) is 6.69. The summed E-state index contributed by atoms with van der Waals surface area (Å²) in [5.74, 6) is -0.109. The van der Waals surface area contributed by atoms with Crippen LogP contribution in [0.2, 0.25) is 0 Å². The summed E-state index contributed by atoms with van der Waals surface area (Å²) in [5.41, 5.74) is 0.793. The standard InChI is InChI=1S/C15H16FIN2S.2ClH/c16-13-4-3-11(17)10-12(13)15(14-2-1-9-20-14)19-7-5-18-6-8-19;;/h1-4,9-10,15,18H,5-8H2;2*1H/t15-;;/m1../s1. The van der Waals surface area contributed by atoms with Crippen molar-refractivity contribution in [1.82, 2.24) is 10.2 Å². The highest BCUT2D eigenvalue weighted by Gasteiger charge is 2.27. The minimum Gasteiger partial charge on any atom is -0.314 e. The van der Waals surface area contributed by atoms with Gasteiger partial charge in [-0.2, -0.15) is 0 Å². The van der Waals surface area contributed by atoms with Crippen molar-refractivity contribution in [1.29, 1.82) is 0 Å². The van der Waals surface area contributed by atoms with Gasteiger partial charge in [-0.3, -0.25) is 4.90 Å². The fourth-order valence-corrected chi connectivity index (χ4v) is 4.03.